The van der Waals surface area contributed by atoms with Gasteiger partial charge in [-0.25, -0.2) is 0 Å². The molecule has 118 valence electrons. The highest BCUT2D eigenvalue weighted by molar-refractivity contribution is 9.10. The SMILES string of the molecule is Cc1c(Br)cnn1C(C)C(=O)NC(C)CN1CCOCC1. The number of hydrogen-bond donors (Lipinski definition) is 1. The van der Waals surface area contributed by atoms with Crippen molar-refractivity contribution in [2.45, 2.75) is 32.9 Å². The third kappa shape index (κ3) is 4.28. The molecule has 0 bridgehead atoms. The molecule has 0 aliphatic carbocycles. The van der Waals surface area contributed by atoms with E-state index in [1.807, 2.05) is 20.8 Å². The molecule has 0 saturated carbocycles. The molecule has 0 spiro atoms. The van der Waals surface area contributed by atoms with Crippen molar-refractivity contribution >= 4 is 21.8 Å². The molecule has 2 atom stereocenters. The Morgan fingerprint density at radius 3 is 2.71 bits per heavy atom. The molecule has 0 aromatic carbocycles. The summed E-state index contributed by atoms with van der Waals surface area (Å²) in [6, 6.07) is -0.208. The maximum atomic E-state index is 12.3. The van der Waals surface area contributed by atoms with Gasteiger partial charge in [-0.3, -0.25) is 14.4 Å². The van der Waals surface area contributed by atoms with E-state index in [2.05, 4.69) is 31.2 Å². The molecular weight excluding hydrogens is 336 g/mol. The van der Waals surface area contributed by atoms with Crippen LogP contribution in [0.4, 0.5) is 0 Å². The van der Waals surface area contributed by atoms with Crippen LogP contribution in [-0.2, 0) is 9.53 Å². The van der Waals surface area contributed by atoms with Crippen LogP contribution >= 0.6 is 15.9 Å². The lowest BCUT2D eigenvalue weighted by Crippen LogP contribution is -2.47. The molecule has 1 fully saturated rings. The topological polar surface area (TPSA) is 59.4 Å². The summed E-state index contributed by atoms with van der Waals surface area (Å²) in [6.07, 6.45) is 1.72. The van der Waals surface area contributed by atoms with Crippen LogP contribution in [0.2, 0.25) is 0 Å². The van der Waals surface area contributed by atoms with Crippen molar-refractivity contribution in [2.24, 2.45) is 0 Å². The van der Waals surface area contributed by atoms with Crippen LogP contribution in [0.3, 0.4) is 0 Å². The van der Waals surface area contributed by atoms with Gasteiger partial charge in [0, 0.05) is 25.7 Å². The van der Waals surface area contributed by atoms with Gasteiger partial charge in [-0.2, -0.15) is 5.10 Å². The third-order valence-corrected chi connectivity index (χ3v) is 4.53. The Balaban J connectivity index is 1.86. The van der Waals surface area contributed by atoms with Crippen molar-refractivity contribution in [3.05, 3.63) is 16.4 Å². The standard InChI is InChI=1S/C14H23BrN4O2/c1-10(9-18-4-6-21-7-5-18)17-14(20)12(3)19-11(2)13(15)8-16-19/h8,10,12H,4-7,9H2,1-3H3,(H,17,20). The van der Waals surface area contributed by atoms with Gasteiger partial charge in [0.1, 0.15) is 6.04 Å². The van der Waals surface area contributed by atoms with E-state index in [9.17, 15) is 4.79 Å². The van der Waals surface area contributed by atoms with Gasteiger partial charge in [0.2, 0.25) is 5.91 Å². The van der Waals surface area contributed by atoms with Gasteiger partial charge < -0.3 is 10.1 Å². The summed E-state index contributed by atoms with van der Waals surface area (Å²) >= 11 is 3.42. The van der Waals surface area contributed by atoms with Gasteiger partial charge in [0.05, 0.1) is 29.6 Å². The minimum absolute atomic E-state index is 0.00513. The minimum atomic E-state index is -0.316. The summed E-state index contributed by atoms with van der Waals surface area (Å²) in [5.74, 6) is -0.00513. The lowest BCUT2D eigenvalue weighted by atomic mass is 10.2. The molecule has 1 N–H and O–H groups in total. The van der Waals surface area contributed by atoms with E-state index in [-0.39, 0.29) is 18.0 Å². The van der Waals surface area contributed by atoms with Crippen LogP contribution in [0.1, 0.15) is 25.6 Å². The number of rotatable bonds is 5. The fourth-order valence-corrected chi connectivity index (χ4v) is 2.76. The number of ether oxygens (including phenoxy) is 1. The molecule has 2 rings (SSSR count). The lowest BCUT2D eigenvalue weighted by Gasteiger charge is -2.29. The second-order valence-corrected chi connectivity index (χ2v) is 6.38. The second kappa shape index (κ2) is 7.38. The predicted molar refractivity (Wildman–Crippen MR) is 84.2 cm³/mol. The fraction of sp³-hybridized carbons (Fsp3) is 0.714. The zero-order valence-corrected chi connectivity index (χ0v) is 14.4. The average molecular weight is 359 g/mol. The van der Waals surface area contributed by atoms with Gasteiger partial charge in [-0.05, 0) is 36.7 Å². The molecule has 7 heteroatoms. The van der Waals surface area contributed by atoms with E-state index in [1.165, 1.54) is 0 Å². The highest BCUT2D eigenvalue weighted by Gasteiger charge is 2.21. The number of carbonyl (C=O) groups excluding carboxylic acids is 1. The number of hydrogen-bond acceptors (Lipinski definition) is 4. The largest absolute Gasteiger partial charge is 0.379 e. The van der Waals surface area contributed by atoms with E-state index >= 15 is 0 Å². The van der Waals surface area contributed by atoms with Crippen molar-refractivity contribution in [1.82, 2.24) is 20.0 Å². The van der Waals surface area contributed by atoms with E-state index in [0.29, 0.717) is 0 Å². The number of amides is 1. The molecular formula is C14H23BrN4O2. The summed E-state index contributed by atoms with van der Waals surface area (Å²) < 4.78 is 7.99. The Labute approximate surface area is 133 Å². The maximum Gasteiger partial charge on any atom is 0.244 e. The van der Waals surface area contributed by atoms with Crippen molar-refractivity contribution in [2.75, 3.05) is 32.8 Å². The molecule has 21 heavy (non-hydrogen) atoms. The Morgan fingerprint density at radius 2 is 2.14 bits per heavy atom. The molecule has 0 radical (unpaired) electrons. The van der Waals surface area contributed by atoms with E-state index in [4.69, 9.17) is 4.74 Å². The van der Waals surface area contributed by atoms with Gasteiger partial charge in [0.15, 0.2) is 0 Å². The Morgan fingerprint density at radius 1 is 1.48 bits per heavy atom. The number of nitrogens with zero attached hydrogens (tertiary/aromatic N) is 3. The van der Waals surface area contributed by atoms with E-state index < -0.39 is 0 Å². The molecule has 1 aromatic heterocycles. The maximum absolute atomic E-state index is 12.3. The Bertz CT molecular complexity index is 485. The number of aromatic nitrogens is 2. The first-order valence-corrected chi connectivity index (χ1v) is 8.08. The van der Waals surface area contributed by atoms with Crippen LogP contribution in [0.15, 0.2) is 10.7 Å². The summed E-state index contributed by atoms with van der Waals surface area (Å²) in [5.41, 5.74) is 0.957. The average Bonchev–Trinajstić information content (AvgIpc) is 2.79. The first-order chi connectivity index (χ1) is 9.99. The quantitative estimate of drug-likeness (QED) is 0.862. The summed E-state index contributed by atoms with van der Waals surface area (Å²) in [5, 5.41) is 7.31. The van der Waals surface area contributed by atoms with Crippen LogP contribution in [0.5, 0.6) is 0 Å². The number of nitrogens with one attached hydrogen (secondary N) is 1. The molecule has 1 aliphatic rings. The molecule has 6 nitrogen and oxygen atoms in total. The number of carbonyl (C=O) groups is 1. The molecule has 2 unspecified atom stereocenters. The van der Waals surface area contributed by atoms with E-state index in [1.54, 1.807) is 10.9 Å². The van der Waals surface area contributed by atoms with Gasteiger partial charge in [0.25, 0.3) is 0 Å². The number of morpholine rings is 1. The van der Waals surface area contributed by atoms with Gasteiger partial charge in [-0.15, -0.1) is 0 Å². The molecule has 1 aromatic rings. The molecule has 1 amide bonds. The smallest absolute Gasteiger partial charge is 0.244 e. The molecule has 1 aliphatic heterocycles. The minimum Gasteiger partial charge on any atom is -0.379 e. The monoisotopic (exact) mass is 358 g/mol. The van der Waals surface area contributed by atoms with Crippen LogP contribution < -0.4 is 5.32 Å². The first-order valence-electron chi connectivity index (χ1n) is 7.29. The number of halogens is 1. The predicted octanol–water partition coefficient (Wildman–Crippen LogP) is 1.35. The zero-order chi connectivity index (χ0) is 15.4. The summed E-state index contributed by atoms with van der Waals surface area (Å²) in [7, 11) is 0. The van der Waals surface area contributed by atoms with E-state index in [0.717, 1.165) is 43.0 Å². The zero-order valence-electron chi connectivity index (χ0n) is 12.8. The van der Waals surface area contributed by atoms with Crippen molar-refractivity contribution in [3.8, 4) is 0 Å². The molecule has 1 saturated heterocycles. The third-order valence-electron chi connectivity index (χ3n) is 3.76. The first kappa shape index (κ1) is 16.5. The fourth-order valence-electron chi connectivity index (χ4n) is 2.48. The van der Waals surface area contributed by atoms with Crippen LogP contribution in [-0.4, -0.2) is 59.5 Å². The Kier molecular flexibility index (Phi) is 5.78. The second-order valence-electron chi connectivity index (χ2n) is 5.52. The van der Waals surface area contributed by atoms with Crippen molar-refractivity contribution in [1.29, 1.82) is 0 Å². The van der Waals surface area contributed by atoms with Crippen molar-refractivity contribution in [3.63, 3.8) is 0 Å². The molecule has 2 heterocycles. The van der Waals surface area contributed by atoms with Crippen LogP contribution in [0.25, 0.3) is 0 Å². The van der Waals surface area contributed by atoms with Crippen LogP contribution in [0, 0.1) is 6.92 Å². The van der Waals surface area contributed by atoms with Gasteiger partial charge in [-0.1, -0.05) is 0 Å². The summed E-state index contributed by atoms with van der Waals surface area (Å²) in [6.45, 7) is 10.1. The highest BCUT2D eigenvalue weighted by Crippen LogP contribution is 2.18. The highest BCUT2D eigenvalue weighted by atomic mass is 79.9. The van der Waals surface area contributed by atoms with Crippen molar-refractivity contribution < 1.29 is 9.53 Å². The lowest BCUT2D eigenvalue weighted by molar-refractivity contribution is -0.125. The van der Waals surface area contributed by atoms with Gasteiger partial charge >= 0.3 is 0 Å². The Hall–Kier alpha value is -0.920. The summed E-state index contributed by atoms with van der Waals surface area (Å²) in [4.78, 5) is 14.6. The normalized spacial score (nSPS) is 19.2.